The molecule has 0 aliphatic rings. The van der Waals surface area contributed by atoms with Gasteiger partial charge in [-0.2, -0.15) is 10.2 Å². The van der Waals surface area contributed by atoms with Crippen molar-refractivity contribution in [2.75, 3.05) is 0 Å². The second-order valence-electron chi connectivity index (χ2n) is 7.64. The molecule has 6 nitrogen and oxygen atoms in total. The number of carbonyl (C=O) groups excluding carboxylic acids is 1. The number of aromatic nitrogens is 4. The Morgan fingerprint density at radius 2 is 1.87 bits per heavy atom. The Morgan fingerprint density at radius 3 is 2.58 bits per heavy atom. The van der Waals surface area contributed by atoms with Crippen LogP contribution in [-0.2, 0) is 13.1 Å². The summed E-state index contributed by atoms with van der Waals surface area (Å²) < 4.78 is 3.66. The summed E-state index contributed by atoms with van der Waals surface area (Å²) in [5.41, 5.74) is 4.42. The van der Waals surface area contributed by atoms with Crippen molar-refractivity contribution >= 4 is 17.5 Å². The van der Waals surface area contributed by atoms with Crippen LogP contribution in [0.4, 0.5) is 0 Å². The van der Waals surface area contributed by atoms with E-state index in [2.05, 4.69) is 21.6 Å². The van der Waals surface area contributed by atoms with E-state index in [4.69, 9.17) is 11.6 Å². The first-order valence-electron chi connectivity index (χ1n) is 10.2. The fourth-order valence-electron chi connectivity index (χ4n) is 3.63. The van der Waals surface area contributed by atoms with Crippen LogP contribution in [0.1, 0.15) is 46.9 Å². The maximum atomic E-state index is 13.1. The van der Waals surface area contributed by atoms with E-state index in [1.54, 1.807) is 17.1 Å². The predicted octanol–water partition coefficient (Wildman–Crippen LogP) is 4.82. The SMILES string of the molecule is CC(C)c1c(C(=O)NCc2ccccc2Cn2cccn2)cnn1-c1cccc(Cl)c1. The summed E-state index contributed by atoms with van der Waals surface area (Å²) in [6.45, 7) is 5.18. The highest BCUT2D eigenvalue weighted by atomic mass is 35.5. The number of hydrogen-bond donors (Lipinski definition) is 1. The Bertz CT molecular complexity index is 1180. The molecule has 4 rings (SSSR count). The highest BCUT2D eigenvalue weighted by molar-refractivity contribution is 6.30. The maximum Gasteiger partial charge on any atom is 0.255 e. The lowest BCUT2D eigenvalue weighted by Gasteiger charge is -2.14. The largest absolute Gasteiger partial charge is 0.348 e. The van der Waals surface area contributed by atoms with Gasteiger partial charge in [0.15, 0.2) is 0 Å². The number of halogens is 1. The summed E-state index contributed by atoms with van der Waals surface area (Å²) in [4.78, 5) is 13.1. The zero-order valence-corrected chi connectivity index (χ0v) is 18.3. The summed E-state index contributed by atoms with van der Waals surface area (Å²) in [5, 5.41) is 12.4. The molecular formula is C24H24ClN5O. The first-order valence-corrected chi connectivity index (χ1v) is 10.6. The van der Waals surface area contributed by atoms with Gasteiger partial charge in [0.05, 0.1) is 29.7 Å². The van der Waals surface area contributed by atoms with Gasteiger partial charge in [-0.05, 0) is 41.3 Å². The molecule has 0 aliphatic heterocycles. The van der Waals surface area contributed by atoms with Crippen molar-refractivity contribution in [1.82, 2.24) is 24.9 Å². The van der Waals surface area contributed by atoms with E-state index in [-0.39, 0.29) is 11.8 Å². The lowest BCUT2D eigenvalue weighted by atomic mass is 10.0. The molecular weight excluding hydrogens is 410 g/mol. The third kappa shape index (κ3) is 4.70. The molecule has 0 atom stereocenters. The monoisotopic (exact) mass is 433 g/mol. The Balaban J connectivity index is 1.55. The Kier molecular flexibility index (Phi) is 6.18. The summed E-state index contributed by atoms with van der Waals surface area (Å²) in [5.74, 6) is -0.0415. The minimum absolute atomic E-state index is 0.106. The molecule has 0 fully saturated rings. The zero-order chi connectivity index (χ0) is 21.8. The quantitative estimate of drug-likeness (QED) is 0.454. The van der Waals surface area contributed by atoms with Crippen LogP contribution in [0.3, 0.4) is 0 Å². The molecule has 7 heteroatoms. The topological polar surface area (TPSA) is 64.7 Å². The van der Waals surface area contributed by atoms with Crippen molar-refractivity contribution in [1.29, 1.82) is 0 Å². The molecule has 0 radical (unpaired) electrons. The Labute approximate surface area is 186 Å². The molecule has 31 heavy (non-hydrogen) atoms. The van der Waals surface area contributed by atoms with Crippen LogP contribution in [0, 0.1) is 0 Å². The van der Waals surface area contributed by atoms with Crippen LogP contribution in [0.2, 0.25) is 5.02 Å². The molecule has 158 valence electrons. The molecule has 2 heterocycles. The average molecular weight is 434 g/mol. The smallest absolute Gasteiger partial charge is 0.255 e. The normalized spacial score (nSPS) is 11.1. The fraction of sp³-hybridized carbons (Fsp3) is 0.208. The van der Waals surface area contributed by atoms with E-state index >= 15 is 0 Å². The van der Waals surface area contributed by atoms with E-state index in [1.165, 1.54) is 0 Å². The standard InChI is InChI=1S/C24H24ClN5O/c1-17(2)23-22(15-28-30(23)21-10-5-9-20(25)13-21)24(31)26-14-18-7-3-4-8-19(18)16-29-12-6-11-27-29/h3-13,15,17H,14,16H2,1-2H3,(H,26,31). The Hall–Kier alpha value is -3.38. The van der Waals surface area contributed by atoms with Gasteiger partial charge in [-0.3, -0.25) is 9.48 Å². The van der Waals surface area contributed by atoms with Crippen LogP contribution >= 0.6 is 11.6 Å². The lowest BCUT2D eigenvalue weighted by Crippen LogP contribution is -2.25. The lowest BCUT2D eigenvalue weighted by molar-refractivity contribution is 0.0949. The summed E-state index contributed by atoms with van der Waals surface area (Å²) in [6, 6.07) is 17.4. The average Bonchev–Trinajstić information content (AvgIpc) is 3.43. The minimum Gasteiger partial charge on any atom is -0.348 e. The molecule has 0 aliphatic carbocycles. The van der Waals surface area contributed by atoms with Crippen molar-refractivity contribution in [3.63, 3.8) is 0 Å². The number of amides is 1. The van der Waals surface area contributed by atoms with Gasteiger partial charge >= 0.3 is 0 Å². The molecule has 0 saturated heterocycles. The molecule has 1 N–H and O–H groups in total. The summed E-state index contributed by atoms with van der Waals surface area (Å²) in [6.07, 6.45) is 5.31. The van der Waals surface area contributed by atoms with Crippen LogP contribution in [0.15, 0.2) is 73.2 Å². The van der Waals surface area contributed by atoms with Gasteiger partial charge in [-0.15, -0.1) is 0 Å². The third-order valence-electron chi connectivity index (χ3n) is 5.10. The Morgan fingerprint density at radius 1 is 1.06 bits per heavy atom. The molecule has 0 unspecified atom stereocenters. The first kappa shape index (κ1) is 20.9. The van der Waals surface area contributed by atoms with E-state index in [0.29, 0.717) is 23.7 Å². The van der Waals surface area contributed by atoms with Crippen molar-refractivity contribution < 1.29 is 4.79 Å². The van der Waals surface area contributed by atoms with E-state index in [0.717, 1.165) is 22.5 Å². The van der Waals surface area contributed by atoms with Crippen molar-refractivity contribution in [2.45, 2.75) is 32.9 Å². The minimum atomic E-state index is -0.147. The number of nitrogens with one attached hydrogen (secondary N) is 1. The van der Waals surface area contributed by atoms with Gasteiger partial charge in [0, 0.05) is 24.0 Å². The first-order chi connectivity index (χ1) is 15.0. The van der Waals surface area contributed by atoms with E-state index < -0.39 is 0 Å². The third-order valence-corrected chi connectivity index (χ3v) is 5.34. The van der Waals surface area contributed by atoms with Crippen molar-refractivity contribution in [3.8, 4) is 5.69 Å². The van der Waals surface area contributed by atoms with Gasteiger partial charge in [-0.25, -0.2) is 4.68 Å². The highest BCUT2D eigenvalue weighted by Gasteiger charge is 2.21. The molecule has 0 bridgehead atoms. The summed E-state index contributed by atoms with van der Waals surface area (Å²) in [7, 11) is 0. The van der Waals surface area contributed by atoms with Gasteiger partial charge in [0.2, 0.25) is 0 Å². The highest BCUT2D eigenvalue weighted by Crippen LogP contribution is 2.24. The number of hydrogen-bond acceptors (Lipinski definition) is 3. The fourth-order valence-corrected chi connectivity index (χ4v) is 3.81. The second-order valence-corrected chi connectivity index (χ2v) is 8.08. The molecule has 2 aromatic heterocycles. The van der Waals surface area contributed by atoms with E-state index in [9.17, 15) is 4.79 Å². The number of benzene rings is 2. The molecule has 4 aromatic rings. The van der Waals surface area contributed by atoms with Gasteiger partial charge in [-0.1, -0.05) is 55.8 Å². The van der Waals surface area contributed by atoms with Crippen LogP contribution < -0.4 is 5.32 Å². The van der Waals surface area contributed by atoms with Gasteiger partial charge in [0.1, 0.15) is 0 Å². The number of carbonyl (C=O) groups is 1. The molecule has 0 spiro atoms. The maximum absolute atomic E-state index is 13.1. The molecule has 0 saturated carbocycles. The van der Waals surface area contributed by atoms with Gasteiger partial charge < -0.3 is 5.32 Å². The zero-order valence-electron chi connectivity index (χ0n) is 17.5. The van der Waals surface area contributed by atoms with Crippen LogP contribution in [0.25, 0.3) is 5.69 Å². The van der Waals surface area contributed by atoms with Crippen molar-refractivity contribution in [3.05, 3.63) is 101 Å². The second kappa shape index (κ2) is 9.18. The predicted molar refractivity (Wildman–Crippen MR) is 122 cm³/mol. The van der Waals surface area contributed by atoms with Crippen LogP contribution in [-0.4, -0.2) is 25.5 Å². The van der Waals surface area contributed by atoms with Crippen LogP contribution in [0.5, 0.6) is 0 Å². The molecule has 1 amide bonds. The number of rotatable bonds is 7. The summed E-state index contributed by atoms with van der Waals surface area (Å²) >= 11 is 6.15. The molecule has 2 aromatic carbocycles. The van der Waals surface area contributed by atoms with Crippen molar-refractivity contribution in [2.24, 2.45) is 0 Å². The van der Waals surface area contributed by atoms with Gasteiger partial charge in [0.25, 0.3) is 5.91 Å². The van der Waals surface area contributed by atoms with E-state index in [1.807, 2.05) is 73.3 Å². The number of nitrogens with zero attached hydrogens (tertiary/aromatic N) is 4.